The van der Waals surface area contributed by atoms with Crippen molar-refractivity contribution in [1.29, 1.82) is 0 Å². The molecule has 0 saturated carbocycles. The first kappa shape index (κ1) is 19.4. The molecule has 0 aliphatic rings. The molecule has 0 aromatic rings. The Balaban J connectivity index is 0. The van der Waals surface area contributed by atoms with Crippen LogP contribution in [0.25, 0.3) is 0 Å². The summed E-state index contributed by atoms with van der Waals surface area (Å²) in [5.41, 5.74) is 5.71. The highest BCUT2D eigenvalue weighted by Gasteiger charge is 2.08. The van der Waals surface area contributed by atoms with Crippen LogP contribution in [0.3, 0.4) is 0 Å². The second-order valence-corrected chi connectivity index (χ2v) is 5.53. The van der Waals surface area contributed by atoms with E-state index in [1.54, 1.807) is 0 Å². The van der Waals surface area contributed by atoms with Crippen molar-refractivity contribution in [3.63, 3.8) is 0 Å². The Bertz CT molecular complexity index is 327. The maximum atomic E-state index is 3.99. The maximum absolute atomic E-state index is 3.99. The lowest BCUT2D eigenvalue weighted by Crippen LogP contribution is -2.04. The molecule has 0 amide bonds. The van der Waals surface area contributed by atoms with Crippen LogP contribution in [0.5, 0.6) is 0 Å². The van der Waals surface area contributed by atoms with E-state index in [0.29, 0.717) is 0 Å². The Morgan fingerprint density at radius 1 is 0.944 bits per heavy atom. The van der Waals surface area contributed by atoms with Crippen LogP contribution >= 0.6 is 0 Å². The molecule has 0 spiro atoms. The Morgan fingerprint density at radius 3 is 1.50 bits per heavy atom. The largest absolute Gasteiger partial charge is 0.185 e. The average Bonchev–Trinajstić information content (AvgIpc) is 2.14. The molecule has 1 radical (unpaired) electrons. The van der Waals surface area contributed by atoms with Crippen LogP contribution < -0.4 is 0 Å². The van der Waals surface area contributed by atoms with Gasteiger partial charge in [-0.2, -0.15) is 0 Å². The van der Waals surface area contributed by atoms with Gasteiger partial charge in [0.15, 0.2) is 7.28 Å². The van der Waals surface area contributed by atoms with Crippen molar-refractivity contribution in [2.24, 2.45) is 5.92 Å². The minimum Gasteiger partial charge on any atom is -0.113 e. The highest BCUT2D eigenvalue weighted by atomic mass is 14.0. The molecule has 0 rings (SSSR count). The quantitative estimate of drug-likeness (QED) is 0.430. The highest BCUT2D eigenvalue weighted by Crippen LogP contribution is 2.22. The molecule has 18 heavy (non-hydrogen) atoms. The van der Waals surface area contributed by atoms with Gasteiger partial charge in [-0.15, -0.1) is 12.1 Å². The summed E-state index contributed by atoms with van der Waals surface area (Å²) in [6, 6.07) is 0. The summed E-state index contributed by atoms with van der Waals surface area (Å²) in [5.74, 6) is 0.833. The van der Waals surface area contributed by atoms with E-state index in [9.17, 15) is 0 Å². The lowest BCUT2D eigenvalue weighted by Gasteiger charge is -2.14. The predicted molar refractivity (Wildman–Crippen MR) is 88.0 cm³/mol. The van der Waals surface area contributed by atoms with Crippen LogP contribution in [0.4, 0.5) is 0 Å². The molecule has 0 unspecified atom stereocenters. The lowest BCUT2D eigenvalue weighted by molar-refractivity contribution is 0.737. The maximum Gasteiger partial charge on any atom is 0.185 e. The molecule has 0 aromatic heterocycles. The van der Waals surface area contributed by atoms with Crippen molar-refractivity contribution >= 4 is 7.28 Å². The van der Waals surface area contributed by atoms with Gasteiger partial charge in [0.25, 0.3) is 0 Å². The molecule has 0 aliphatic heterocycles. The van der Waals surface area contributed by atoms with E-state index in [2.05, 4.69) is 54.7 Å². The number of hydrogen-bond acceptors (Lipinski definition) is 0. The van der Waals surface area contributed by atoms with Crippen molar-refractivity contribution in [1.82, 2.24) is 0 Å². The van der Waals surface area contributed by atoms with Gasteiger partial charge in [-0.3, -0.25) is 0 Å². The molecule has 0 bridgehead atoms. The minimum atomic E-state index is 0.833. The Labute approximate surface area is 116 Å². The molecule has 0 fully saturated rings. The zero-order chi connectivity index (χ0) is 14.9. The summed E-state index contributed by atoms with van der Waals surface area (Å²) < 4.78 is 0. The number of hydrogen-bond donors (Lipinski definition) is 0. The number of rotatable bonds is 5. The molecule has 1 heteroatoms. The molecular weight excluding hydrogens is 215 g/mol. The van der Waals surface area contributed by atoms with Gasteiger partial charge in [-0.05, 0) is 26.2 Å². The second-order valence-electron chi connectivity index (χ2n) is 5.53. The summed E-state index contributed by atoms with van der Waals surface area (Å²) in [6.07, 6.45) is 0.987. The average molecular weight is 245 g/mol. The highest BCUT2D eigenvalue weighted by molar-refractivity contribution is 6.55. The second kappa shape index (κ2) is 9.99. The van der Waals surface area contributed by atoms with Crippen molar-refractivity contribution in [2.75, 3.05) is 0 Å². The van der Waals surface area contributed by atoms with Crippen LogP contribution in [-0.2, 0) is 0 Å². The SMILES string of the molecule is C=C(C)[B]/C(C(=C)C)=C(/CC)C(=C)C.CC(C)C. The first-order chi connectivity index (χ1) is 8.13. The topological polar surface area (TPSA) is 0 Å². The van der Waals surface area contributed by atoms with Crippen LogP contribution in [0.2, 0.25) is 0 Å². The van der Waals surface area contributed by atoms with Crippen LogP contribution in [0, 0.1) is 5.92 Å². The Hall–Kier alpha value is -0.975. The summed E-state index contributed by atoms with van der Waals surface area (Å²) in [7, 11) is 2.08. The third-order valence-electron chi connectivity index (χ3n) is 2.04. The third kappa shape index (κ3) is 10.2. The normalized spacial score (nSPS) is 11.1. The van der Waals surface area contributed by atoms with Crippen molar-refractivity contribution in [2.45, 2.75) is 54.9 Å². The summed E-state index contributed by atoms with van der Waals surface area (Å²) >= 11 is 0. The summed E-state index contributed by atoms with van der Waals surface area (Å²) in [4.78, 5) is 0. The van der Waals surface area contributed by atoms with Gasteiger partial charge in [-0.1, -0.05) is 70.0 Å². The van der Waals surface area contributed by atoms with Crippen LogP contribution in [0.15, 0.2) is 47.4 Å². The Kier molecular flexibility index (Phi) is 10.8. The summed E-state index contributed by atoms with van der Waals surface area (Å²) in [6.45, 7) is 26.6. The molecule has 0 saturated heterocycles. The molecule has 0 atom stereocenters. The third-order valence-corrected chi connectivity index (χ3v) is 2.04. The fraction of sp³-hybridized carbons (Fsp3) is 0.529. The smallest absolute Gasteiger partial charge is 0.113 e. The molecule has 0 heterocycles. The number of allylic oxidation sites excluding steroid dienone is 5. The standard InChI is InChI=1S/C13H20B.C4H10/c1-8-12(9(2)3)13(10(4)5)14-11(6)7;1-4(2)3/h2,4,6,8H2,1,3,5,7H3;4H,1-3H3/b13-12-;. The van der Waals surface area contributed by atoms with E-state index in [1.165, 1.54) is 11.0 Å². The van der Waals surface area contributed by atoms with Gasteiger partial charge >= 0.3 is 0 Å². The van der Waals surface area contributed by atoms with Crippen molar-refractivity contribution in [3.05, 3.63) is 47.4 Å². The molecular formula is C17H30B. The van der Waals surface area contributed by atoms with E-state index < -0.39 is 0 Å². The van der Waals surface area contributed by atoms with E-state index in [0.717, 1.165) is 29.0 Å². The minimum absolute atomic E-state index is 0.833. The first-order valence-corrected chi connectivity index (χ1v) is 6.68. The molecule has 0 aromatic carbocycles. The first-order valence-electron chi connectivity index (χ1n) is 6.68. The molecule has 101 valence electrons. The van der Waals surface area contributed by atoms with E-state index >= 15 is 0 Å². The van der Waals surface area contributed by atoms with E-state index in [-0.39, 0.29) is 0 Å². The fourth-order valence-corrected chi connectivity index (χ4v) is 1.44. The zero-order valence-corrected chi connectivity index (χ0v) is 13.5. The lowest BCUT2D eigenvalue weighted by atomic mass is 9.59. The van der Waals surface area contributed by atoms with Gasteiger partial charge in [0.1, 0.15) is 0 Å². The van der Waals surface area contributed by atoms with E-state index in [1.807, 2.05) is 20.8 Å². The van der Waals surface area contributed by atoms with E-state index in [4.69, 9.17) is 0 Å². The predicted octanol–water partition coefficient (Wildman–Crippen LogP) is 5.70. The van der Waals surface area contributed by atoms with Crippen LogP contribution in [-0.4, -0.2) is 7.28 Å². The van der Waals surface area contributed by atoms with Crippen molar-refractivity contribution < 1.29 is 0 Å². The van der Waals surface area contributed by atoms with Gasteiger partial charge in [0.05, 0.1) is 0 Å². The summed E-state index contributed by atoms with van der Waals surface area (Å²) in [5, 5.41) is 0. The monoisotopic (exact) mass is 245 g/mol. The fourth-order valence-electron chi connectivity index (χ4n) is 1.44. The molecule has 0 nitrogen and oxygen atoms in total. The van der Waals surface area contributed by atoms with Crippen LogP contribution in [0.1, 0.15) is 54.9 Å². The van der Waals surface area contributed by atoms with Gasteiger partial charge < -0.3 is 0 Å². The Morgan fingerprint density at radius 2 is 1.33 bits per heavy atom. The van der Waals surface area contributed by atoms with Gasteiger partial charge in [0, 0.05) is 0 Å². The van der Waals surface area contributed by atoms with Gasteiger partial charge in [-0.25, -0.2) is 0 Å². The van der Waals surface area contributed by atoms with Gasteiger partial charge in [0.2, 0.25) is 0 Å². The molecule has 0 aliphatic carbocycles. The van der Waals surface area contributed by atoms with Crippen molar-refractivity contribution in [3.8, 4) is 0 Å². The zero-order valence-electron chi connectivity index (χ0n) is 13.5. The molecule has 0 N–H and O–H groups in total.